The van der Waals surface area contributed by atoms with Crippen molar-refractivity contribution >= 4 is 46.2 Å². The molecule has 0 aliphatic carbocycles. The molecule has 136 valence electrons. The third kappa shape index (κ3) is 4.08. The number of carbonyl (C=O) groups excluding carboxylic acids is 1. The predicted octanol–water partition coefficient (Wildman–Crippen LogP) is 5.14. The normalized spacial score (nSPS) is 14.2. The van der Waals surface area contributed by atoms with Crippen LogP contribution in [0.2, 0.25) is 10.0 Å². The predicted molar refractivity (Wildman–Crippen MR) is 104 cm³/mol. The molecule has 1 saturated heterocycles. The summed E-state index contributed by atoms with van der Waals surface area (Å²) in [5.74, 6) is -0.359. The van der Waals surface area contributed by atoms with Crippen molar-refractivity contribution in [1.82, 2.24) is 0 Å². The maximum absolute atomic E-state index is 12.4. The van der Waals surface area contributed by atoms with Gasteiger partial charge in [-0.15, -0.1) is 0 Å². The largest absolute Gasteiger partial charge is 0.366 e. The van der Waals surface area contributed by atoms with Crippen molar-refractivity contribution < 1.29 is 9.72 Å². The lowest BCUT2D eigenvalue weighted by atomic mass is 10.1. The van der Waals surface area contributed by atoms with Crippen LogP contribution in [0.4, 0.5) is 17.1 Å². The summed E-state index contributed by atoms with van der Waals surface area (Å²) in [7, 11) is 0. The molecule has 2 aromatic rings. The number of nitro benzene ring substituents is 1. The average molecular weight is 394 g/mol. The van der Waals surface area contributed by atoms with Crippen LogP contribution in [0.5, 0.6) is 0 Å². The van der Waals surface area contributed by atoms with Crippen LogP contribution in [-0.4, -0.2) is 23.9 Å². The van der Waals surface area contributed by atoms with Gasteiger partial charge in [0.1, 0.15) is 5.69 Å². The van der Waals surface area contributed by atoms with Crippen LogP contribution in [0.15, 0.2) is 36.4 Å². The van der Waals surface area contributed by atoms with E-state index in [0.29, 0.717) is 22.0 Å². The fraction of sp³-hybridized carbons (Fsp3) is 0.278. The molecule has 0 radical (unpaired) electrons. The first-order valence-electron chi connectivity index (χ1n) is 8.25. The summed E-state index contributed by atoms with van der Waals surface area (Å²) in [4.78, 5) is 25.4. The SMILES string of the molecule is O=C(Nc1cc(N2CCCCC2)c([N+](=O)[O-])cc1Cl)c1ccc(Cl)cc1. The zero-order valence-corrected chi connectivity index (χ0v) is 15.4. The first-order chi connectivity index (χ1) is 12.5. The number of nitrogens with one attached hydrogen (secondary N) is 1. The molecule has 0 spiro atoms. The molecule has 1 fully saturated rings. The molecular formula is C18H17Cl2N3O3. The first kappa shape index (κ1) is 18.5. The maximum atomic E-state index is 12.4. The van der Waals surface area contributed by atoms with Crippen LogP contribution in [0.1, 0.15) is 29.6 Å². The number of nitro groups is 1. The molecule has 1 N–H and O–H groups in total. The van der Waals surface area contributed by atoms with Gasteiger partial charge in [-0.2, -0.15) is 0 Å². The molecule has 0 atom stereocenters. The summed E-state index contributed by atoms with van der Waals surface area (Å²) in [6, 6.07) is 9.31. The molecule has 26 heavy (non-hydrogen) atoms. The highest BCUT2D eigenvalue weighted by molar-refractivity contribution is 6.34. The summed E-state index contributed by atoms with van der Waals surface area (Å²) in [6.07, 6.45) is 3.07. The van der Waals surface area contributed by atoms with Crippen molar-refractivity contribution in [3.05, 3.63) is 62.1 Å². The van der Waals surface area contributed by atoms with Crippen LogP contribution in [0.25, 0.3) is 0 Å². The molecule has 0 bridgehead atoms. The second kappa shape index (κ2) is 7.93. The summed E-state index contributed by atoms with van der Waals surface area (Å²) in [5, 5.41) is 14.8. The van der Waals surface area contributed by atoms with Crippen LogP contribution in [0.3, 0.4) is 0 Å². The Bertz CT molecular complexity index is 834. The van der Waals surface area contributed by atoms with E-state index in [1.165, 1.54) is 6.07 Å². The number of anilines is 2. The van der Waals surface area contributed by atoms with E-state index in [1.54, 1.807) is 30.3 Å². The molecule has 8 heteroatoms. The quantitative estimate of drug-likeness (QED) is 0.575. The third-order valence-electron chi connectivity index (χ3n) is 4.31. The fourth-order valence-electron chi connectivity index (χ4n) is 2.98. The fourth-order valence-corrected chi connectivity index (χ4v) is 3.31. The number of rotatable bonds is 4. The zero-order chi connectivity index (χ0) is 18.7. The van der Waals surface area contributed by atoms with Crippen molar-refractivity contribution in [1.29, 1.82) is 0 Å². The van der Waals surface area contributed by atoms with Crippen molar-refractivity contribution in [3.63, 3.8) is 0 Å². The first-order valence-corrected chi connectivity index (χ1v) is 9.01. The van der Waals surface area contributed by atoms with Crippen LogP contribution < -0.4 is 10.2 Å². The minimum Gasteiger partial charge on any atom is -0.366 e. The third-order valence-corrected chi connectivity index (χ3v) is 4.88. The second-order valence-corrected chi connectivity index (χ2v) is 6.93. The van der Waals surface area contributed by atoms with Crippen molar-refractivity contribution in [2.24, 2.45) is 0 Å². The molecule has 1 aliphatic heterocycles. The van der Waals surface area contributed by atoms with E-state index >= 15 is 0 Å². The highest BCUT2D eigenvalue weighted by atomic mass is 35.5. The van der Waals surface area contributed by atoms with Gasteiger partial charge in [-0.05, 0) is 49.6 Å². The topological polar surface area (TPSA) is 75.5 Å². The standard InChI is InChI=1S/C18H17Cl2N3O3/c19-13-6-4-12(5-7-13)18(24)21-15-11-16(22-8-2-1-3-9-22)17(23(25)26)10-14(15)20/h4-7,10-11H,1-3,8-9H2,(H,21,24). The van der Waals surface area contributed by atoms with E-state index in [1.807, 2.05) is 4.90 Å². The number of halogens is 2. The van der Waals surface area contributed by atoms with Gasteiger partial charge in [0, 0.05) is 29.7 Å². The smallest absolute Gasteiger partial charge is 0.294 e. The van der Waals surface area contributed by atoms with Crippen molar-refractivity contribution in [2.45, 2.75) is 19.3 Å². The van der Waals surface area contributed by atoms with Crippen LogP contribution >= 0.6 is 23.2 Å². The Balaban J connectivity index is 1.92. The number of piperidine rings is 1. The van der Waals surface area contributed by atoms with Gasteiger partial charge in [0.05, 0.1) is 15.6 Å². The Morgan fingerprint density at radius 1 is 1.08 bits per heavy atom. The van der Waals surface area contributed by atoms with Gasteiger partial charge in [-0.3, -0.25) is 14.9 Å². The van der Waals surface area contributed by atoms with E-state index in [9.17, 15) is 14.9 Å². The number of nitrogens with zero attached hydrogens (tertiary/aromatic N) is 2. The lowest BCUT2D eigenvalue weighted by Gasteiger charge is -2.29. The van der Waals surface area contributed by atoms with Crippen molar-refractivity contribution in [2.75, 3.05) is 23.3 Å². The van der Waals surface area contributed by atoms with Gasteiger partial charge in [0.25, 0.3) is 11.6 Å². The monoisotopic (exact) mass is 393 g/mol. The number of hydrogen-bond acceptors (Lipinski definition) is 4. The minimum atomic E-state index is -0.444. The number of carbonyl (C=O) groups is 1. The van der Waals surface area contributed by atoms with Gasteiger partial charge >= 0.3 is 0 Å². The number of amides is 1. The van der Waals surface area contributed by atoms with Gasteiger partial charge in [-0.25, -0.2) is 0 Å². The van der Waals surface area contributed by atoms with Gasteiger partial charge in [0.15, 0.2) is 0 Å². The lowest BCUT2D eigenvalue weighted by Crippen LogP contribution is -2.30. The lowest BCUT2D eigenvalue weighted by molar-refractivity contribution is -0.384. The van der Waals surface area contributed by atoms with Gasteiger partial charge in [-0.1, -0.05) is 23.2 Å². The molecule has 3 rings (SSSR count). The Hall–Kier alpha value is -2.31. The molecule has 6 nitrogen and oxygen atoms in total. The van der Waals surface area contributed by atoms with E-state index in [2.05, 4.69) is 5.32 Å². The van der Waals surface area contributed by atoms with E-state index in [-0.39, 0.29) is 16.6 Å². The molecule has 1 heterocycles. The van der Waals surface area contributed by atoms with Crippen LogP contribution in [-0.2, 0) is 0 Å². The maximum Gasteiger partial charge on any atom is 0.294 e. The summed E-state index contributed by atoms with van der Waals surface area (Å²) < 4.78 is 0. The molecule has 0 unspecified atom stereocenters. The Kier molecular flexibility index (Phi) is 5.64. The van der Waals surface area contributed by atoms with Crippen molar-refractivity contribution in [3.8, 4) is 0 Å². The van der Waals surface area contributed by atoms with E-state index in [4.69, 9.17) is 23.2 Å². The van der Waals surface area contributed by atoms with E-state index in [0.717, 1.165) is 32.4 Å². The minimum absolute atomic E-state index is 0.0543. The molecular weight excluding hydrogens is 377 g/mol. The number of benzene rings is 2. The molecule has 1 amide bonds. The Morgan fingerprint density at radius 2 is 1.73 bits per heavy atom. The summed E-state index contributed by atoms with van der Waals surface area (Å²) in [5.41, 5.74) is 1.19. The second-order valence-electron chi connectivity index (χ2n) is 6.09. The van der Waals surface area contributed by atoms with E-state index < -0.39 is 4.92 Å². The highest BCUT2D eigenvalue weighted by Gasteiger charge is 2.24. The van der Waals surface area contributed by atoms with Crippen LogP contribution in [0, 0.1) is 10.1 Å². The molecule has 0 aromatic heterocycles. The highest BCUT2D eigenvalue weighted by Crippen LogP contribution is 2.38. The number of hydrogen-bond donors (Lipinski definition) is 1. The Labute approximate surface area is 160 Å². The Morgan fingerprint density at radius 3 is 2.35 bits per heavy atom. The average Bonchev–Trinajstić information content (AvgIpc) is 2.64. The molecule has 2 aromatic carbocycles. The zero-order valence-electron chi connectivity index (χ0n) is 13.9. The van der Waals surface area contributed by atoms with Gasteiger partial charge < -0.3 is 10.2 Å². The molecule has 0 saturated carbocycles. The summed E-state index contributed by atoms with van der Waals surface area (Å²) >= 11 is 12.0. The van der Waals surface area contributed by atoms with Gasteiger partial charge in [0.2, 0.25) is 0 Å². The summed E-state index contributed by atoms with van der Waals surface area (Å²) in [6.45, 7) is 1.49. The molecule has 1 aliphatic rings.